The fraction of sp³-hybridized carbons (Fsp3) is 0.938. The Balaban J connectivity index is -0.000000712. The molecule has 0 aliphatic heterocycles. The van der Waals surface area contributed by atoms with Crippen LogP contribution in [0.1, 0.15) is 96.8 Å². The average molecular weight is 378 g/mol. The largest absolute Gasteiger partial charge is 4.00 e. The van der Waals surface area contributed by atoms with E-state index in [1.807, 2.05) is 0 Å². The maximum atomic E-state index is 10.2. The van der Waals surface area contributed by atoms with E-state index in [4.69, 9.17) is 15.1 Å². The fourth-order valence-corrected chi connectivity index (χ4v) is 2.29. The number of carbonyl (C=O) groups is 1. The van der Waals surface area contributed by atoms with Crippen LogP contribution in [-0.2, 0) is 21.9 Å². The van der Waals surface area contributed by atoms with Crippen molar-refractivity contribution in [3.8, 4) is 0 Å². The molecule has 0 spiro atoms. The third-order valence-electron chi connectivity index (χ3n) is 3.48. The van der Waals surface area contributed by atoms with Gasteiger partial charge in [0.05, 0.1) is 0 Å². The fourth-order valence-electron chi connectivity index (χ4n) is 2.29. The molecule has 0 heterocycles. The van der Waals surface area contributed by atoms with Crippen molar-refractivity contribution in [1.82, 2.24) is 0 Å². The van der Waals surface area contributed by atoms with Crippen molar-refractivity contribution in [2.24, 2.45) is 0 Å². The molecule has 7 heteroatoms. The first kappa shape index (κ1) is 27.8. The molecule has 0 saturated heterocycles. The summed E-state index contributed by atoms with van der Waals surface area (Å²) in [6.07, 6.45) is 16.9. The van der Waals surface area contributed by atoms with E-state index in [0.29, 0.717) is 0 Å². The minimum absolute atomic E-state index is 0. The minimum Gasteiger partial charge on any atom is -0.907 e. The van der Waals surface area contributed by atoms with E-state index in [2.05, 4.69) is 6.92 Å². The van der Waals surface area contributed by atoms with Crippen molar-refractivity contribution in [3.05, 3.63) is 0 Å². The van der Waals surface area contributed by atoms with E-state index in [9.17, 15) is 9.90 Å². The third kappa shape index (κ3) is 39.1. The molecule has 0 aliphatic rings. The van der Waals surface area contributed by atoms with E-state index in [-0.39, 0.29) is 23.5 Å². The van der Waals surface area contributed by atoms with Gasteiger partial charge in [0.15, 0.2) is 0 Å². The predicted octanol–water partition coefficient (Wildman–Crippen LogP) is 0.267. The van der Waals surface area contributed by atoms with Crippen molar-refractivity contribution >= 4 is 13.3 Å². The number of rotatable bonds is 14. The summed E-state index contributed by atoms with van der Waals surface area (Å²) < 4.78 is 0. The maximum Gasteiger partial charge on any atom is 4.00 e. The Bertz CT molecular complexity index is 228. The Morgan fingerprint density at radius 1 is 0.696 bits per heavy atom. The molecule has 0 bridgehead atoms. The monoisotopic (exact) mass is 377 g/mol. The number of carboxylic acids is 1. The molecule has 0 N–H and O–H groups in total. The summed E-state index contributed by atoms with van der Waals surface area (Å²) in [6.45, 7) is 2.26. The summed E-state index contributed by atoms with van der Waals surface area (Å²) in [5.74, 6) is -0.905. The molecule has 0 fully saturated rings. The van der Waals surface area contributed by atoms with E-state index < -0.39 is 13.3 Å². The Morgan fingerprint density at radius 3 is 1.22 bits per heavy atom. The zero-order valence-electron chi connectivity index (χ0n) is 14.3. The second kappa shape index (κ2) is 24.2. The van der Waals surface area contributed by atoms with E-state index in [1.54, 1.807) is 0 Å². The molecule has 0 rings (SSSR count). The van der Waals surface area contributed by atoms with Crippen LogP contribution in [0.25, 0.3) is 0 Å². The second-order valence-corrected chi connectivity index (χ2v) is 5.65. The zero-order chi connectivity index (χ0) is 17.1. The molecule has 0 aliphatic carbocycles. The van der Waals surface area contributed by atoms with Crippen molar-refractivity contribution in [2.75, 3.05) is 0 Å². The Kier molecular flexibility index (Phi) is 29.2. The summed E-state index contributed by atoms with van der Waals surface area (Å²) in [6, 6.07) is 0. The van der Waals surface area contributed by atoms with Crippen LogP contribution in [0.2, 0.25) is 0 Å². The van der Waals surface area contributed by atoms with Gasteiger partial charge in [0.1, 0.15) is 0 Å². The van der Waals surface area contributed by atoms with Gasteiger partial charge in [-0.3, -0.25) is 7.32 Å². The Hall–Kier alpha value is -0.0656. The Morgan fingerprint density at radius 2 is 0.957 bits per heavy atom. The van der Waals surface area contributed by atoms with Crippen molar-refractivity contribution in [2.45, 2.75) is 96.8 Å². The number of aliphatic carboxylic acids is 1. The maximum absolute atomic E-state index is 10.2. The summed E-state index contributed by atoms with van der Waals surface area (Å²) in [7, 11) is -2.92. The van der Waals surface area contributed by atoms with Crippen LogP contribution in [0, 0.1) is 0 Å². The van der Waals surface area contributed by atoms with Gasteiger partial charge >= 0.3 is 17.1 Å². The van der Waals surface area contributed by atoms with E-state index in [1.165, 1.54) is 70.6 Å². The first-order valence-corrected chi connectivity index (χ1v) is 8.68. The molecule has 0 aromatic carbocycles. The number of hydrogen-bond donors (Lipinski definition) is 0. The van der Waals surface area contributed by atoms with Gasteiger partial charge in [0, 0.05) is 5.97 Å². The number of carboxylic acid groups (broad SMARTS) is 1. The average Bonchev–Trinajstić information content (AvgIpc) is 2.43. The van der Waals surface area contributed by atoms with Crippen LogP contribution in [0.15, 0.2) is 0 Å². The number of unbranched alkanes of at least 4 members (excludes halogenated alkanes) is 12. The van der Waals surface area contributed by atoms with Crippen LogP contribution in [0.5, 0.6) is 0 Å². The van der Waals surface area contributed by atoms with Crippen LogP contribution in [0.3, 0.4) is 0 Å². The van der Waals surface area contributed by atoms with Crippen LogP contribution >= 0.6 is 0 Å². The zero-order valence-corrected chi connectivity index (χ0v) is 15.3. The molecule has 0 unspecified atom stereocenters. The summed E-state index contributed by atoms with van der Waals surface area (Å²) >= 11 is 0. The molecule has 139 valence electrons. The Labute approximate surface area is 152 Å². The first-order valence-electron chi connectivity index (χ1n) is 8.68. The molecule has 0 amide bonds. The first-order chi connectivity index (χ1) is 10.5. The predicted molar refractivity (Wildman–Crippen MR) is 81.1 cm³/mol. The molecule has 0 saturated carbocycles. The smallest absolute Gasteiger partial charge is 0.907 e. The SMILES string of the molecule is CCCCCCCCCCCCCCCC(=O)[O-].[Cu+4].[O-]B([O-])[O-]. The molecule has 0 aromatic heterocycles. The van der Waals surface area contributed by atoms with Gasteiger partial charge in [-0.15, -0.1) is 0 Å². The quantitative estimate of drug-likeness (QED) is 0.319. The van der Waals surface area contributed by atoms with Gasteiger partial charge in [-0.2, -0.15) is 0 Å². The van der Waals surface area contributed by atoms with E-state index in [0.717, 1.165) is 12.8 Å². The van der Waals surface area contributed by atoms with Gasteiger partial charge in [0.25, 0.3) is 0 Å². The second-order valence-electron chi connectivity index (χ2n) is 5.65. The van der Waals surface area contributed by atoms with Crippen molar-refractivity contribution in [1.29, 1.82) is 0 Å². The summed E-state index contributed by atoms with van der Waals surface area (Å²) in [5, 5.41) is 35.4. The third-order valence-corrected chi connectivity index (χ3v) is 3.48. The molecular formula is C16H31BCuO5. The van der Waals surface area contributed by atoms with Crippen LogP contribution < -0.4 is 20.2 Å². The molecule has 5 nitrogen and oxygen atoms in total. The molecule has 0 aromatic rings. The molecule has 0 atom stereocenters. The van der Waals surface area contributed by atoms with Crippen molar-refractivity contribution in [3.63, 3.8) is 0 Å². The van der Waals surface area contributed by atoms with Crippen LogP contribution in [-0.4, -0.2) is 13.3 Å². The molecular weight excluding hydrogens is 347 g/mol. The van der Waals surface area contributed by atoms with Gasteiger partial charge in [-0.05, 0) is 12.8 Å². The topological polar surface area (TPSA) is 109 Å². The van der Waals surface area contributed by atoms with Crippen molar-refractivity contribution < 1.29 is 42.0 Å². The number of carbonyl (C=O) groups excluding carboxylic acids is 1. The standard InChI is InChI=1S/C16H32O2.BO3.Cu/c1-2-3-4-5-6-7-8-9-10-11-12-13-14-15-16(17)18;2-1(3)4;/h2-15H2,1H3,(H,17,18);;/q;-3;+4/p-1. The van der Waals surface area contributed by atoms with E-state index >= 15 is 0 Å². The van der Waals surface area contributed by atoms with Gasteiger partial charge in [-0.1, -0.05) is 84.0 Å². The summed E-state index contributed by atoms with van der Waals surface area (Å²) in [4.78, 5) is 10.2. The number of hydrogen-bond acceptors (Lipinski definition) is 5. The normalized spacial score (nSPS) is 9.57. The van der Waals surface area contributed by atoms with Gasteiger partial charge in [-0.25, -0.2) is 0 Å². The minimum atomic E-state index is -2.92. The molecule has 23 heavy (non-hydrogen) atoms. The van der Waals surface area contributed by atoms with Crippen LogP contribution in [0.4, 0.5) is 0 Å². The molecule has 1 radical (unpaired) electrons. The van der Waals surface area contributed by atoms with Gasteiger partial charge < -0.3 is 25.0 Å². The summed E-state index contributed by atoms with van der Waals surface area (Å²) in [5.41, 5.74) is 0. The van der Waals surface area contributed by atoms with Gasteiger partial charge in [0.2, 0.25) is 0 Å².